The van der Waals surface area contributed by atoms with Crippen molar-refractivity contribution in [2.75, 3.05) is 11.9 Å². The van der Waals surface area contributed by atoms with Gasteiger partial charge in [0.25, 0.3) is 5.91 Å². The lowest BCUT2D eigenvalue weighted by Crippen LogP contribution is -2.13. The Morgan fingerprint density at radius 1 is 1.19 bits per heavy atom. The molecular weight excluding hydrogens is 371 g/mol. The lowest BCUT2D eigenvalue weighted by molar-refractivity contribution is -0.112. The van der Waals surface area contributed by atoms with Crippen LogP contribution in [0.4, 0.5) is 5.69 Å². The molecule has 0 fully saturated rings. The number of halogens is 2. The molecule has 0 saturated carbocycles. The van der Waals surface area contributed by atoms with E-state index in [1.54, 1.807) is 18.2 Å². The van der Waals surface area contributed by atoms with Crippen LogP contribution < -0.4 is 10.1 Å². The molecule has 0 bridgehead atoms. The maximum Gasteiger partial charge on any atom is 0.266 e. The third-order valence-corrected chi connectivity index (χ3v) is 4.31. The summed E-state index contributed by atoms with van der Waals surface area (Å²) in [5.74, 6) is -0.122. The second kappa shape index (κ2) is 8.75. The van der Waals surface area contributed by atoms with Gasteiger partial charge >= 0.3 is 0 Å². The van der Waals surface area contributed by atoms with E-state index in [1.165, 1.54) is 6.08 Å². The van der Waals surface area contributed by atoms with Gasteiger partial charge in [-0.15, -0.1) is 0 Å². The predicted octanol–water partition coefficient (Wildman–Crippen LogP) is 5.55. The van der Waals surface area contributed by atoms with Crippen molar-refractivity contribution >= 4 is 40.9 Å². The van der Waals surface area contributed by atoms with Crippen molar-refractivity contribution in [2.24, 2.45) is 0 Å². The van der Waals surface area contributed by atoms with E-state index in [0.717, 1.165) is 11.1 Å². The molecule has 26 heavy (non-hydrogen) atoms. The van der Waals surface area contributed by atoms with Gasteiger partial charge < -0.3 is 10.1 Å². The Morgan fingerprint density at radius 3 is 2.38 bits per heavy atom. The zero-order valence-electron chi connectivity index (χ0n) is 14.7. The highest BCUT2D eigenvalue weighted by Gasteiger charge is 2.13. The van der Waals surface area contributed by atoms with Gasteiger partial charge in [0, 0.05) is 5.69 Å². The highest BCUT2D eigenvalue weighted by atomic mass is 35.5. The molecule has 2 rings (SSSR count). The molecule has 1 amide bonds. The van der Waals surface area contributed by atoms with Gasteiger partial charge in [0.1, 0.15) is 11.6 Å². The summed E-state index contributed by atoms with van der Waals surface area (Å²) < 4.78 is 5.37. The van der Waals surface area contributed by atoms with Gasteiger partial charge in [0.15, 0.2) is 5.75 Å². The fourth-order valence-electron chi connectivity index (χ4n) is 2.28. The van der Waals surface area contributed by atoms with Crippen LogP contribution in [-0.2, 0) is 4.79 Å². The number of hydrogen-bond donors (Lipinski definition) is 1. The molecular formula is C20H18Cl2N2O2. The molecule has 0 heterocycles. The molecule has 0 atom stereocenters. The lowest BCUT2D eigenvalue weighted by atomic mass is 10.1. The summed E-state index contributed by atoms with van der Waals surface area (Å²) in [6.07, 6.45) is 1.43. The average Bonchev–Trinajstić information content (AvgIpc) is 2.59. The molecule has 6 heteroatoms. The molecule has 2 aromatic rings. The van der Waals surface area contributed by atoms with Crippen LogP contribution in [-0.4, -0.2) is 12.5 Å². The minimum Gasteiger partial charge on any atom is -0.491 e. The minimum absolute atomic E-state index is 0.0560. The maximum atomic E-state index is 12.4. The smallest absolute Gasteiger partial charge is 0.266 e. The molecule has 134 valence electrons. The van der Waals surface area contributed by atoms with Crippen LogP contribution in [0.1, 0.15) is 23.6 Å². The number of hydrogen-bond acceptors (Lipinski definition) is 3. The Balaban J connectivity index is 2.28. The summed E-state index contributed by atoms with van der Waals surface area (Å²) >= 11 is 12.3. The normalized spacial score (nSPS) is 11.0. The van der Waals surface area contributed by atoms with Gasteiger partial charge in [-0.2, -0.15) is 5.26 Å². The first-order chi connectivity index (χ1) is 12.3. The van der Waals surface area contributed by atoms with E-state index in [-0.39, 0.29) is 5.57 Å². The molecule has 0 aliphatic carbocycles. The van der Waals surface area contributed by atoms with Crippen LogP contribution in [0.15, 0.2) is 35.9 Å². The minimum atomic E-state index is -0.503. The van der Waals surface area contributed by atoms with Crippen LogP contribution in [0.2, 0.25) is 10.0 Å². The quantitative estimate of drug-likeness (QED) is 0.538. The third-order valence-electron chi connectivity index (χ3n) is 3.75. The van der Waals surface area contributed by atoms with E-state index < -0.39 is 5.91 Å². The summed E-state index contributed by atoms with van der Waals surface area (Å²) in [7, 11) is 0. The Hall–Kier alpha value is -2.48. The van der Waals surface area contributed by atoms with E-state index >= 15 is 0 Å². The van der Waals surface area contributed by atoms with Crippen LogP contribution in [0.5, 0.6) is 5.75 Å². The third kappa shape index (κ3) is 4.78. The first-order valence-corrected chi connectivity index (χ1v) is 8.73. The molecule has 0 aliphatic heterocycles. The van der Waals surface area contributed by atoms with E-state index in [4.69, 9.17) is 27.9 Å². The van der Waals surface area contributed by atoms with Crippen molar-refractivity contribution in [1.82, 2.24) is 0 Å². The van der Waals surface area contributed by atoms with E-state index in [0.29, 0.717) is 33.7 Å². The highest BCUT2D eigenvalue weighted by molar-refractivity contribution is 6.37. The largest absolute Gasteiger partial charge is 0.491 e. The number of nitrogens with zero attached hydrogens (tertiary/aromatic N) is 1. The number of ether oxygens (including phenoxy) is 1. The molecule has 0 unspecified atom stereocenters. The lowest BCUT2D eigenvalue weighted by Gasteiger charge is -2.09. The van der Waals surface area contributed by atoms with Gasteiger partial charge in [0.05, 0.1) is 16.7 Å². The maximum absolute atomic E-state index is 12.4. The molecule has 1 N–H and O–H groups in total. The Bertz CT molecular complexity index is 892. The number of nitriles is 1. The van der Waals surface area contributed by atoms with Gasteiger partial charge in [-0.3, -0.25) is 4.79 Å². The molecule has 0 saturated heterocycles. The van der Waals surface area contributed by atoms with E-state index in [2.05, 4.69) is 5.32 Å². The number of nitrogens with one attached hydrogen (secondary N) is 1. The van der Waals surface area contributed by atoms with Crippen molar-refractivity contribution in [3.8, 4) is 11.8 Å². The van der Waals surface area contributed by atoms with Gasteiger partial charge in [-0.1, -0.05) is 29.3 Å². The SMILES string of the molecule is CCOc1c(Cl)cc(/C=C(\C#N)C(=O)Nc2ccc(C)c(C)c2)cc1Cl. The number of benzene rings is 2. The molecule has 4 nitrogen and oxygen atoms in total. The topological polar surface area (TPSA) is 62.1 Å². The summed E-state index contributed by atoms with van der Waals surface area (Å²) in [6.45, 7) is 6.19. The standard InChI is InChI=1S/C20H18Cl2N2O2/c1-4-26-19-17(21)9-14(10-18(19)22)8-15(11-23)20(25)24-16-6-5-12(2)13(3)7-16/h5-10H,4H2,1-3H3,(H,24,25)/b15-8+. The average molecular weight is 389 g/mol. The van der Waals surface area contributed by atoms with E-state index in [9.17, 15) is 10.1 Å². The van der Waals surface area contributed by atoms with Crippen LogP contribution >= 0.6 is 23.2 Å². The number of carbonyl (C=O) groups is 1. The Labute approximate surface area is 163 Å². The number of anilines is 1. The van der Waals surface area contributed by atoms with Crippen LogP contribution in [0.25, 0.3) is 6.08 Å². The van der Waals surface area contributed by atoms with Crippen molar-refractivity contribution in [2.45, 2.75) is 20.8 Å². The summed E-state index contributed by atoms with van der Waals surface area (Å²) in [5, 5.41) is 12.7. The molecule has 0 spiro atoms. The Morgan fingerprint density at radius 2 is 1.85 bits per heavy atom. The number of carbonyl (C=O) groups excluding carboxylic acids is 1. The predicted molar refractivity (Wildman–Crippen MR) is 106 cm³/mol. The Kier molecular flexibility index (Phi) is 6.68. The first-order valence-electron chi connectivity index (χ1n) is 7.98. The van der Waals surface area contributed by atoms with E-state index in [1.807, 2.05) is 39.0 Å². The molecule has 0 aromatic heterocycles. The highest BCUT2D eigenvalue weighted by Crippen LogP contribution is 2.34. The van der Waals surface area contributed by atoms with Gasteiger partial charge in [0.2, 0.25) is 0 Å². The van der Waals surface area contributed by atoms with Crippen LogP contribution in [0, 0.1) is 25.2 Å². The van der Waals surface area contributed by atoms with Gasteiger partial charge in [-0.25, -0.2) is 0 Å². The second-order valence-electron chi connectivity index (χ2n) is 5.67. The summed E-state index contributed by atoms with van der Waals surface area (Å²) in [6, 6.07) is 10.7. The zero-order chi connectivity index (χ0) is 19.3. The summed E-state index contributed by atoms with van der Waals surface area (Å²) in [4.78, 5) is 12.4. The number of amides is 1. The number of rotatable bonds is 5. The zero-order valence-corrected chi connectivity index (χ0v) is 16.2. The van der Waals surface area contributed by atoms with Crippen molar-refractivity contribution in [3.63, 3.8) is 0 Å². The molecule has 0 radical (unpaired) electrons. The van der Waals surface area contributed by atoms with Crippen molar-refractivity contribution < 1.29 is 9.53 Å². The van der Waals surface area contributed by atoms with Crippen LogP contribution in [0.3, 0.4) is 0 Å². The molecule has 2 aromatic carbocycles. The first kappa shape index (κ1) is 19.8. The monoisotopic (exact) mass is 388 g/mol. The second-order valence-corrected chi connectivity index (χ2v) is 6.48. The molecule has 0 aliphatic rings. The fourth-order valence-corrected chi connectivity index (χ4v) is 2.89. The van der Waals surface area contributed by atoms with Crippen molar-refractivity contribution in [1.29, 1.82) is 5.26 Å². The van der Waals surface area contributed by atoms with Gasteiger partial charge in [-0.05, 0) is 67.8 Å². The van der Waals surface area contributed by atoms with Crippen molar-refractivity contribution in [3.05, 3.63) is 62.6 Å². The number of aryl methyl sites for hydroxylation is 2. The fraction of sp³-hybridized carbons (Fsp3) is 0.200. The summed E-state index contributed by atoms with van der Waals surface area (Å²) in [5.41, 5.74) is 3.28.